The van der Waals surface area contributed by atoms with Crippen molar-refractivity contribution in [2.24, 2.45) is 0 Å². The summed E-state index contributed by atoms with van der Waals surface area (Å²) in [5, 5.41) is 0. The Balaban J connectivity index is 2.94. The maximum atomic E-state index is 11.9. The molecule has 0 saturated heterocycles. The smallest absolute Gasteiger partial charge is 0.404 e. The third kappa shape index (κ3) is 3.77. The molecule has 0 bridgehead atoms. The topological polar surface area (TPSA) is 22.1 Å². The van der Waals surface area contributed by atoms with Crippen molar-refractivity contribution >= 4 is 0 Å². The van der Waals surface area contributed by atoms with Crippen molar-refractivity contribution in [3.8, 4) is 5.75 Å². The zero-order chi connectivity index (χ0) is 11.7. The summed E-state index contributed by atoms with van der Waals surface area (Å²) in [4.78, 5) is 3.71. The van der Waals surface area contributed by atoms with Crippen molar-refractivity contribution in [1.82, 2.24) is 4.98 Å². The third-order valence-corrected chi connectivity index (χ3v) is 1.81. The van der Waals surface area contributed by atoms with E-state index in [1.165, 1.54) is 12.3 Å². The first-order valence-corrected chi connectivity index (χ1v) is 4.40. The van der Waals surface area contributed by atoms with Gasteiger partial charge in [-0.2, -0.15) is 0 Å². The second-order valence-electron chi connectivity index (χ2n) is 4.21. The normalized spacial score (nSPS) is 12.7. The summed E-state index contributed by atoms with van der Waals surface area (Å²) in [5.74, 6) is -0.282. The minimum Gasteiger partial charge on any atom is -0.404 e. The van der Waals surface area contributed by atoms with E-state index in [9.17, 15) is 13.2 Å². The quantitative estimate of drug-likeness (QED) is 0.723. The number of hydrogen-bond acceptors (Lipinski definition) is 2. The van der Waals surface area contributed by atoms with Crippen molar-refractivity contribution in [2.45, 2.75) is 32.5 Å². The standard InChI is InChI=1S/C10H12F3NO/c1-9(2,3)7-4-8(6-14-5-7)15-10(11,12)13/h4-6H,1-3H3. The van der Waals surface area contributed by atoms with Gasteiger partial charge < -0.3 is 4.74 Å². The Kier molecular flexibility index (Phi) is 2.93. The van der Waals surface area contributed by atoms with Gasteiger partial charge in [0.15, 0.2) is 0 Å². The van der Waals surface area contributed by atoms with Crippen LogP contribution in [0.1, 0.15) is 26.3 Å². The Hall–Kier alpha value is -1.26. The van der Waals surface area contributed by atoms with Crippen molar-refractivity contribution < 1.29 is 17.9 Å². The van der Waals surface area contributed by atoms with Gasteiger partial charge in [0.2, 0.25) is 0 Å². The van der Waals surface area contributed by atoms with Gasteiger partial charge in [0.25, 0.3) is 0 Å². The first kappa shape index (κ1) is 11.8. The van der Waals surface area contributed by atoms with E-state index in [4.69, 9.17) is 0 Å². The molecule has 0 amide bonds. The van der Waals surface area contributed by atoms with E-state index < -0.39 is 6.36 Å². The average Bonchev–Trinajstić information content (AvgIpc) is 1.99. The molecule has 0 aliphatic heterocycles. The number of aromatic nitrogens is 1. The van der Waals surface area contributed by atoms with Crippen LogP contribution in [0.3, 0.4) is 0 Å². The summed E-state index contributed by atoms with van der Waals surface area (Å²) in [6.45, 7) is 5.67. The molecular formula is C10H12F3NO. The Bertz CT molecular complexity index is 341. The summed E-state index contributed by atoms with van der Waals surface area (Å²) in [6, 6.07) is 1.35. The fourth-order valence-electron chi connectivity index (χ4n) is 1.02. The molecule has 1 heterocycles. The Morgan fingerprint density at radius 2 is 1.73 bits per heavy atom. The molecule has 0 fully saturated rings. The van der Waals surface area contributed by atoms with Gasteiger partial charge in [-0.1, -0.05) is 20.8 Å². The Morgan fingerprint density at radius 3 is 2.20 bits per heavy atom. The minimum absolute atomic E-state index is 0.252. The van der Waals surface area contributed by atoms with Crippen LogP contribution >= 0.6 is 0 Å². The van der Waals surface area contributed by atoms with Crippen LogP contribution in [-0.2, 0) is 5.41 Å². The van der Waals surface area contributed by atoms with Gasteiger partial charge >= 0.3 is 6.36 Å². The Labute approximate surface area is 86.1 Å². The monoisotopic (exact) mass is 219 g/mol. The molecule has 5 heteroatoms. The average molecular weight is 219 g/mol. The molecule has 0 radical (unpaired) electrons. The summed E-state index contributed by atoms with van der Waals surface area (Å²) < 4.78 is 39.5. The molecule has 0 atom stereocenters. The maximum absolute atomic E-state index is 11.9. The first-order valence-electron chi connectivity index (χ1n) is 4.40. The number of rotatable bonds is 1. The molecule has 0 aliphatic rings. The predicted octanol–water partition coefficient (Wildman–Crippen LogP) is 3.28. The molecule has 15 heavy (non-hydrogen) atoms. The van der Waals surface area contributed by atoms with Crippen LogP contribution in [0, 0.1) is 0 Å². The summed E-state index contributed by atoms with van der Waals surface area (Å²) in [6.07, 6.45) is -2.09. The lowest BCUT2D eigenvalue weighted by Gasteiger charge is -2.19. The molecule has 1 aromatic heterocycles. The molecule has 2 nitrogen and oxygen atoms in total. The van der Waals surface area contributed by atoms with E-state index in [1.54, 1.807) is 0 Å². The van der Waals surface area contributed by atoms with Gasteiger partial charge in [-0.3, -0.25) is 4.98 Å². The molecule has 0 aliphatic carbocycles. The fraction of sp³-hybridized carbons (Fsp3) is 0.500. The number of nitrogens with zero attached hydrogens (tertiary/aromatic N) is 1. The molecule has 1 aromatic rings. The first-order chi connectivity index (χ1) is 6.68. The Morgan fingerprint density at radius 1 is 1.13 bits per heavy atom. The van der Waals surface area contributed by atoms with Crippen LogP contribution in [0.4, 0.5) is 13.2 Å². The highest BCUT2D eigenvalue weighted by molar-refractivity contribution is 5.28. The van der Waals surface area contributed by atoms with Crippen LogP contribution in [0.15, 0.2) is 18.5 Å². The van der Waals surface area contributed by atoms with Gasteiger partial charge in [-0.15, -0.1) is 13.2 Å². The molecule has 0 aromatic carbocycles. The van der Waals surface area contributed by atoms with Crippen LogP contribution in [0.25, 0.3) is 0 Å². The molecule has 0 N–H and O–H groups in total. The van der Waals surface area contributed by atoms with Crippen molar-refractivity contribution in [2.75, 3.05) is 0 Å². The van der Waals surface area contributed by atoms with Gasteiger partial charge in [0.1, 0.15) is 5.75 Å². The van der Waals surface area contributed by atoms with Crippen molar-refractivity contribution in [3.63, 3.8) is 0 Å². The highest BCUT2D eigenvalue weighted by Gasteiger charge is 2.31. The van der Waals surface area contributed by atoms with Crippen LogP contribution in [0.2, 0.25) is 0 Å². The van der Waals surface area contributed by atoms with E-state index in [2.05, 4.69) is 9.72 Å². The number of pyridine rings is 1. The van der Waals surface area contributed by atoms with Gasteiger partial charge in [0, 0.05) is 6.20 Å². The van der Waals surface area contributed by atoms with Crippen molar-refractivity contribution in [1.29, 1.82) is 0 Å². The van der Waals surface area contributed by atoms with Crippen LogP contribution in [-0.4, -0.2) is 11.3 Å². The molecule has 84 valence electrons. The summed E-state index contributed by atoms with van der Waals surface area (Å²) in [5.41, 5.74) is 0.446. The number of hydrogen-bond donors (Lipinski definition) is 0. The van der Waals surface area contributed by atoms with E-state index in [0.717, 1.165) is 6.20 Å². The van der Waals surface area contributed by atoms with E-state index in [0.29, 0.717) is 5.56 Å². The number of alkyl halides is 3. The SMILES string of the molecule is CC(C)(C)c1cncc(OC(F)(F)F)c1. The fourth-order valence-corrected chi connectivity index (χ4v) is 1.02. The van der Waals surface area contributed by atoms with E-state index in [-0.39, 0.29) is 11.2 Å². The minimum atomic E-state index is -4.67. The molecule has 0 saturated carbocycles. The number of halogens is 3. The van der Waals surface area contributed by atoms with Gasteiger partial charge in [-0.25, -0.2) is 0 Å². The predicted molar refractivity (Wildman–Crippen MR) is 49.6 cm³/mol. The van der Waals surface area contributed by atoms with Crippen LogP contribution in [0.5, 0.6) is 5.75 Å². The van der Waals surface area contributed by atoms with E-state index >= 15 is 0 Å². The largest absolute Gasteiger partial charge is 0.573 e. The molecule has 0 spiro atoms. The lowest BCUT2D eigenvalue weighted by Crippen LogP contribution is -2.18. The zero-order valence-corrected chi connectivity index (χ0v) is 8.72. The van der Waals surface area contributed by atoms with Crippen molar-refractivity contribution in [3.05, 3.63) is 24.0 Å². The van der Waals surface area contributed by atoms with Crippen LogP contribution < -0.4 is 4.74 Å². The lowest BCUT2D eigenvalue weighted by molar-refractivity contribution is -0.274. The zero-order valence-electron chi connectivity index (χ0n) is 8.72. The second-order valence-corrected chi connectivity index (χ2v) is 4.21. The summed E-state index contributed by atoms with van der Waals surface area (Å²) >= 11 is 0. The van der Waals surface area contributed by atoms with Gasteiger partial charge in [0.05, 0.1) is 6.20 Å². The third-order valence-electron chi connectivity index (χ3n) is 1.81. The number of ether oxygens (including phenoxy) is 1. The van der Waals surface area contributed by atoms with E-state index in [1.807, 2.05) is 20.8 Å². The lowest BCUT2D eigenvalue weighted by atomic mass is 9.88. The van der Waals surface area contributed by atoms with Gasteiger partial charge in [-0.05, 0) is 17.0 Å². The molecular weight excluding hydrogens is 207 g/mol. The molecule has 0 unspecified atom stereocenters. The second kappa shape index (κ2) is 3.72. The highest BCUT2D eigenvalue weighted by atomic mass is 19.4. The highest BCUT2D eigenvalue weighted by Crippen LogP contribution is 2.27. The summed E-state index contributed by atoms with van der Waals surface area (Å²) in [7, 11) is 0. The molecule has 1 rings (SSSR count). The maximum Gasteiger partial charge on any atom is 0.573 e.